The van der Waals surface area contributed by atoms with E-state index in [9.17, 15) is 13.6 Å². The Labute approximate surface area is 116 Å². The lowest BCUT2D eigenvalue weighted by Crippen LogP contribution is -1.95. The van der Waals surface area contributed by atoms with E-state index < -0.39 is 11.6 Å². The molecule has 0 aromatic heterocycles. The molecule has 0 saturated heterocycles. The molecule has 0 aliphatic heterocycles. The summed E-state index contributed by atoms with van der Waals surface area (Å²) in [6, 6.07) is 6.66. The average molecular weight is 332 g/mol. The summed E-state index contributed by atoms with van der Waals surface area (Å²) in [6.07, 6.45) is 0.515. The lowest BCUT2D eigenvalue weighted by atomic mass is 9.99. The van der Waals surface area contributed by atoms with Gasteiger partial charge in [-0.1, -0.05) is 17.7 Å². The van der Waals surface area contributed by atoms with Crippen molar-refractivity contribution in [3.8, 4) is 11.1 Å². The number of aldehydes is 1. The molecule has 0 N–H and O–H groups in total. The number of carbonyl (C=O) groups excluding carboxylic acids is 1. The van der Waals surface area contributed by atoms with Crippen molar-refractivity contribution in [3.63, 3.8) is 0 Å². The Morgan fingerprint density at radius 1 is 1.17 bits per heavy atom. The molecule has 0 saturated carbocycles. The second-order valence-electron chi connectivity index (χ2n) is 3.57. The zero-order chi connectivity index (χ0) is 13.3. The molecule has 18 heavy (non-hydrogen) atoms. The molecule has 0 amide bonds. The normalized spacial score (nSPS) is 10.4. The van der Waals surface area contributed by atoms with Gasteiger partial charge in [-0.25, -0.2) is 8.78 Å². The quantitative estimate of drug-likeness (QED) is 0.567. The standard InChI is InChI=1S/C13H6BrClF2O/c14-10-3-4-11(16)12(13(10)17)9-2-1-8(15)5-7(9)6-18/h1-6H. The highest BCUT2D eigenvalue weighted by Crippen LogP contribution is 2.33. The zero-order valence-corrected chi connectivity index (χ0v) is 11.2. The molecule has 2 aromatic carbocycles. The predicted octanol–water partition coefficient (Wildman–Crippen LogP) is 4.86. The maximum absolute atomic E-state index is 13.9. The number of rotatable bonds is 2. The van der Waals surface area contributed by atoms with Crippen molar-refractivity contribution < 1.29 is 13.6 Å². The summed E-state index contributed by atoms with van der Waals surface area (Å²) in [5, 5.41) is 0.330. The number of benzene rings is 2. The third-order valence-corrected chi connectivity index (χ3v) is 3.30. The van der Waals surface area contributed by atoms with Gasteiger partial charge >= 0.3 is 0 Å². The van der Waals surface area contributed by atoms with Crippen LogP contribution in [0.15, 0.2) is 34.8 Å². The maximum atomic E-state index is 13.9. The van der Waals surface area contributed by atoms with Gasteiger partial charge in [0.1, 0.15) is 11.6 Å². The summed E-state index contributed by atoms with van der Waals surface area (Å²) >= 11 is 8.72. The second-order valence-corrected chi connectivity index (χ2v) is 4.86. The number of carbonyl (C=O) groups is 1. The molecule has 0 spiro atoms. The summed E-state index contributed by atoms with van der Waals surface area (Å²) in [5.74, 6) is -1.48. The van der Waals surface area contributed by atoms with Crippen LogP contribution in [-0.2, 0) is 0 Å². The van der Waals surface area contributed by atoms with E-state index in [0.717, 1.165) is 6.07 Å². The Morgan fingerprint density at radius 3 is 2.56 bits per heavy atom. The van der Waals surface area contributed by atoms with E-state index in [2.05, 4.69) is 15.9 Å². The van der Waals surface area contributed by atoms with E-state index in [1.54, 1.807) is 0 Å². The molecule has 0 heterocycles. The van der Waals surface area contributed by atoms with Crippen molar-refractivity contribution in [1.82, 2.24) is 0 Å². The number of hydrogen-bond acceptors (Lipinski definition) is 1. The highest BCUT2D eigenvalue weighted by molar-refractivity contribution is 9.10. The van der Waals surface area contributed by atoms with Crippen LogP contribution in [0.2, 0.25) is 5.02 Å². The van der Waals surface area contributed by atoms with Crippen LogP contribution in [0.25, 0.3) is 11.1 Å². The number of hydrogen-bond donors (Lipinski definition) is 0. The summed E-state index contributed by atoms with van der Waals surface area (Å²) < 4.78 is 27.8. The first-order valence-corrected chi connectivity index (χ1v) is 6.10. The van der Waals surface area contributed by atoms with E-state index in [1.165, 1.54) is 24.3 Å². The monoisotopic (exact) mass is 330 g/mol. The van der Waals surface area contributed by atoms with E-state index in [4.69, 9.17) is 11.6 Å². The average Bonchev–Trinajstić information content (AvgIpc) is 2.36. The van der Waals surface area contributed by atoms with Crippen LogP contribution in [-0.4, -0.2) is 6.29 Å². The minimum absolute atomic E-state index is 0.130. The maximum Gasteiger partial charge on any atom is 0.150 e. The van der Waals surface area contributed by atoms with Crippen molar-refractivity contribution in [2.45, 2.75) is 0 Å². The van der Waals surface area contributed by atoms with Gasteiger partial charge in [0.15, 0.2) is 6.29 Å². The first-order chi connectivity index (χ1) is 8.54. The van der Waals surface area contributed by atoms with Crippen LogP contribution in [0, 0.1) is 11.6 Å². The molecule has 1 nitrogen and oxygen atoms in total. The molecule has 0 bridgehead atoms. The minimum atomic E-state index is -0.750. The Morgan fingerprint density at radius 2 is 1.89 bits per heavy atom. The summed E-state index contributed by atoms with van der Waals surface area (Å²) in [5.41, 5.74) is 0.0623. The van der Waals surface area contributed by atoms with E-state index in [0.29, 0.717) is 11.3 Å². The Bertz CT molecular complexity index is 629. The van der Waals surface area contributed by atoms with E-state index in [-0.39, 0.29) is 21.2 Å². The van der Waals surface area contributed by atoms with Gasteiger partial charge in [0, 0.05) is 10.6 Å². The molecule has 0 unspecified atom stereocenters. The smallest absolute Gasteiger partial charge is 0.150 e. The predicted molar refractivity (Wildman–Crippen MR) is 69.9 cm³/mol. The summed E-state index contributed by atoms with van der Waals surface area (Å²) in [7, 11) is 0. The SMILES string of the molecule is O=Cc1cc(Cl)ccc1-c1c(F)ccc(Br)c1F. The van der Waals surface area contributed by atoms with Crippen LogP contribution in [0.4, 0.5) is 8.78 Å². The molecule has 0 aliphatic rings. The molecule has 0 atom stereocenters. The van der Waals surface area contributed by atoms with Crippen molar-refractivity contribution in [2.75, 3.05) is 0 Å². The van der Waals surface area contributed by atoms with E-state index in [1.807, 2.05) is 0 Å². The zero-order valence-electron chi connectivity index (χ0n) is 8.88. The highest BCUT2D eigenvalue weighted by Gasteiger charge is 2.17. The van der Waals surface area contributed by atoms with Crippen LogP contribution in [0.5, 0.6) is 0 Å². The highest BCUT2D eigenvalue weighted by atomic mass is 79.9. The van der Waals surface area contributed by atoms with Crippen LogP contribution >= 0.6 is 27.5 Å². The van der Waals surface area contributed by atoms with Crippen molar-refractivity contribution in [1.29, 1.82) is 0 Å². The second kappa shape index (κ2) is 5.16. The number of halogens is 4. The molecule has 0 aliphatic carbocycles. The third kappa shape index (κ3) is 2.31. The molecule has 92 valence electrons. The van der Waals surface area contributed by atoms with Crippen molar-refractivity contribution in [2.24, 2.45) is 0 Å². The fraction of sp³-hybridized carbons (Fsp3) is 0. The van der Waals surface area contributed by atoms with Gasteiger partial charge in [0.05, 0.1) is 10.0 Å². The summed E-state index contributed by atoms with van der Waals surface area (Å²) in [4.78, 5) is 10.9. The summed E-state index contributed by atoms with van der Waals surface area (Å²) in [6.45, 7) is 0. The molecule has 2 aromatic rings. The van der Waals surface area contributed by atoms with Crippen LogP contribution in [0.1, 0.15) is 10.4 Å². The van der Waals surface area contributed by atoms with Gasteiger partial charge in [0.2, 0.25) is 0 Å². The molecular weight excluding hydrogens is 325 g/mol. The first kappa shape index (κ1) is 13.2. The molecule has 0 radical (unpaired) electrons. The lowest BCUT2D eigenvalue weighted by Gasteiger charge is -2.09. The molecule has 2 rings (SSSR count). The Hall–Kier alpha value is -1.26. The largest absolute Gasteiger partial charge is 0.298 e. The third-order valence-electron chi connectivity index (χ3n) is 2.45. The lowest BCUT2D eigenvalue weighted by molar-refractivity contribution is 0.112. The minimum Gasteiger partial charge on any atom is -0.298 e. The topological polar surface area (TPSA) is 17.1 Å². The van der Waals surface area contributed by atoms with Crippen molar-refractivity contribution >= 4 is 33.8 Å². The van der Waals surface area contributed by atoms with E-state index >= 15 is 0 Å². The van der Waals surface area contributed by atoms with Gasteiger partial charge in [0.25, 0.3) is 0 Å². The van der Waals surface area contributed by atoms with Crippen molar-refractivity contribution in [3.05, 3.63) is 57.0 Å². The van der Waals surface area contributed by atoms with Gasteiger partial charge in [-0.2, -0.15) is 0 Å². The van der Waals surface area contributed by atoms with Gasteiger partial charge in [-0.15, -0.1) is 0 Å². The van der Waals surface area contributed by atoms with Gasteiger partial charge < -0.3 is 0 Å². The van der Waals surface area contributed by atoms with Gasteiger partial charge in [-0.3, -0.25) is 4.79 Å². The fourth-order valence-corrected chi connectivity index (χ4v) is 2.14. The Balaban J connectivity index is 2.77. The Kier molecular flexibility index (Phi) is 3.78. The molecular formula is C13H6BrClF2O. The fourth-order valence-electron chi connectivity index (χ4n) is 1.63. The van der Waals surface area contributed by atoms with Gasteiger partial charge in [-0.05, 0) is 45.8 Å². The van der Waals surface area contributed by atoms with Crippen LogP contribution < -0.4 is 0 Å². The molecule has 5 heteroatoms. The first-order valence-electron chi connectivity index (χ1n) is 4.93. The molecule has 0 fully saturated rings. The van der Waals surface area contributed by atoms with Crippen LogP contribution in [0.3, 0.4) is 0 Å².